The lowest BCUT2D eigenvalue weighted by Crippen LogP contribution is -2.41. The van der Waals surface area contributed by atoms with E-state index in [9.17, 15) is 9.90 Å². The molecule has 4 heteroatoms. The Morgan fingerprint density at radius 3 is 2.94 bits per heavy atom. The number of hydrogen-bond acceptors (Lipinski definition) is 3. The molecular formula is C14H20N2O2. The average molecular weight is 248 g/mol. The highest BCUT2D eigenvalue weighted by Crippen LogP contribution is 2.19. The van der Waals surface area contributed by atoms with Gasteiger partial charge in [0.25, 0.3) is 0 Å². The summed E-state index contributed by atoms with van der Waals surface area (Å²) in [6.07, 6.45) is 2.01. The van der Waals surface area contributed by atoms with Gasteiger partial charge in [-0.25, -0.2) is 0 Å². The van der Waals surface area contributed by atoms with Crippen molar-refractivity contribution in [3.63, 3.8) is 0 Å². The standard InChI is InChI=1S/C14H20N2O2/c1-16(10-12-5-2-3-7-13(12)17)14(18)11-6-4-8-15-9-11/h2-3,5,7,11,15,17H,4,6,8-10H2,1H3/t11-/m0/s1. The van der Waals surface area contributed by atoms with E-state index >= 15 is 0 Å². The second-order valence-corrected chi connectivity index (χ2v) is 4.87. The van der Waals surface area contributed by atoms with Gasteiger partial charge in [0, 0.05) is 25.7 Å². The molecular weight excluding hydrogens is 228 g/mol. The lowest BCUT2D eigenvalue weighted by Gasteiger charge is -2.27. The van der Waals surface area contributed by atoms with Crippen LogP contribution >= 0.6 is 0 Å². The Morgan fingerprint density at radius 1 is 1.50 bits per heavy atom. The molecule has 1 heterocycles. The van der Waals surface area contributed by atoms with Crippen molar-refractivity contribution in [2.45, 2.75) is 19.4 Å². The number of carbonyl (C=O) groups excluding carboxylic acids is 1. The summed E-state index contributed by atoms with van der Waals surface area (Å²) in [6, 6.07) is 7.15. The number of para-hydroxylation sites is 1. The van der Waals surface area contributed by atoms with E-state index in [-0.39, 0.29) is 17.6 Å². The number of hydrogen-bond donors (Lipinski definition) is 2. The highest BCUT2D eigenvalue weighted by atomic mass is 16.3. The van der Waals surface area contributed by atoms with Crippen molar-refractivity contribution in [1.29, 1.82) is 0 Å². The molecule has 1 fully saturated rings. The molecule has 1 saturated heterocycles. The van der Waals surface area contributed by atoms with Gasteiger partial charge >= 0.3 is 0 Å². The molecule has 0 spiro atoms. The minimum absolute atomic E-state index is 0.0783. The third-order valence-electron chi connectivity index (χ3n) is 3.42. The van der Waals surface area contributed by atoms with Crippen LogP contribution in [0, 0.1) is 5.92 Å². The zero-order valence-electron chi connectivity index (χ0n) is 10.7. The highest BCUT2D eigenvalue weighted by Gasteiger charge is 2.24. The topological polar surface area (TPSA) is 52.6 Å². The van der Waals surface area contributed by atoms with Gasteiger partial charge in [-0.3, -0.25) is 4.79 Å². The van der Waals surface area contributed by atoms with Gasteiger partial charge in [0.1, 0.15) is 5.75 Å². The molecule has 2 N–H and O–H groups in total. The summed E-state index contributed by atoms with van der Waals surface area (Å²) in [4.78, 5) is 13.9. The molecule has 0 aromatic heterocycles. The summed E-state index contributed by atoms with van der Waals surface area (Å²) < 4.78 is 0. The molecule has 1 amide bonds. The Labute approximate surface area is 108 Å². The van der Waals surface area contributed by atoms with Crippen LogP contribution in [0.5, 0.6) is 5.75 Å². The van der Waals surface area contributed by atoms with Crippen LogP contribution in [0.4, 0.5) is 0 Å². The molecule has 1 aromatic rings. The first-order valence-electron chi connectivity index (χ1n) is 6.41. The number of nitrogens with one attached hydrogen (secondary N) is 1. The van der Waals surface area contributed by atoms with Gasteiger partial charge < -0.3 is 15.3 Å². The number of phenols is 1. The molecule has 0 aliphatic carbocycles. The summed E-state index contributed by atoms with van der Waals surface area (Å²) in [7, 11) is 1.80. The minimum Gasteiger partial charge on any atom is -0.508 e. The maximum Gasteiger partial charge on any atom is 0.227 e. The van der Waals surface area contributed by atoms with Crippen molar-refractivity contribution in [3.8, 4) is 5.75 Å². The van der Waals surface area contributed by atoms with Crippen LogP contribution < -0.4 is 5.32 Å². The van der Waals surface area contributed by atoms with E-state index in [1.807, 2.05) is 12.1 Å². The van der Waals surface area contributed by atoms with Crippen molar-refractivity contribution in [3.05, 3.63) is 29.8 Å². The maximum absolute atomic E-state index is 12.2. The SMILES string of the molecule is CN(Cc1ccccc1O)C(=O)[C@H]1CCCNC1. The molecule has 0 bridgehead atoms. The van der Waals surface area contributed by atoms with E-state index in [0.717, 1.165) is 31.5 Å². The third kappa shape index (κ3) is 3.01. The second kappa shape index (κ2) is 5.87. The summed E-state index contributed by atoms with van der Waals surface area (Å²) in [6.45, 7) is 2.24. The van der Waals surface area contributed by atoms with E-state index in [1.54, 1.807) is 24.1 Å². The normalized spacial score (nSPS) is 19.5. The quantitative estimate of drug-likeness (QED) is 0.849. The Kier molecular flexibility index (Phi) is 4.20. The van der Waals surface area contributed by atoms with Crippen molar-refractivity contribution < 1.29 is 9.90 Å². The molecule has 1 aliphatic rings. The molecule has 0 unspecified atom stereocenters. The van der Waals surface area contributed by atoms with E-state index in [0.29, 0.717) is 6.54 Å². The smallest absolute Gasteiger partial charge is 0.227 e. The Bertz CT molecular complexity index is 414. The van der Waals surface area contributed by atoms with E-state index < -0.39 is 0 Å². The predicted molar refractivity (Wildman–Crippen MR) is 70.2 cm³/mol. The molecule has 1 atom stereocenters. The van der Waals surface area contributed by atoms with Gasteiger partial charge in [0.2, 0.25) is 5.91 Å². The van der Waals surface area contributed by atoms with Crippen LogP contribution in [0.2, 0.25) is 0 Å². The fourth-order valence-electron chi connectivity index (χ4n) is 2.35. The minimum atomic E-state index is 0.0783. The maximum atomic E-state index is 12.2. The van der Waals surface area contributed by atoms with Gasteiger partial charge in [0.05, 0.1) is 5.92 Å². The number of nitrogens with zero attached hydrogens (tertiary/aromatic N) is 1. The number of amides is 1. The van der Waals surface area contributed by atoms with E-state index in [2.05, 4.69) is 5.32 Å². The Balaban J connectivity index is 1.96. The molecule has 0 saturated carbocycles. The van der Waals surface area contributed by atoms with Crippen LogP contribution in [-0.2, 0) is 11.3 Å². The molecule has 1 aromatic carbocycles. The summed E-state index contributed by atoms with van der Waals surface area (Å²) in [5.74, 6) is 0.485. The van der Waals surface area contributed by atoms with Gasteiger partial charge in [-0.2, -0.15) is 0 Å². The summed E-state index contributed by atoms with van der Waals surface area (Å²) in [5, 5.41) is 13.0. The number of piperidine rings is 1. The second-order valence-electron chi connectivity index (χ2n) is 4.87. The van der Waals surface area contributed by atoms with Crippen molar-refractivity contribution in [2.24, 2.45) is 5.92 Å². The zero-order chi connectivity index (χ0) is 13.0. The van der Waals surface area contributed by atoms with Crippen LogP contribution in [0.1, 0.15) is 18.4 Å². The molecule has 0 radical (unpaired) electrons. The Hall–Kier alpha value is -1.55. The average Bonchev–Trinajstić information content (AvgIpc) is 2.41. The van der Waals surface area contributed by atoms with Gasteiger partial charge in [-0.15, -0.1) is 0 Å². The summed E-state index contributed by atoms with van der Waals surface area (Å²) in [5.41, 5.74) is 0.789. The first-order chi connectivity index (χ1) is 8.68. The predicted octanol–water partition coefficient (Wildman–Crippen LogP) is 1.35. The third-order valence-corrected chi connectivity index (χ3v) is 3.42. The lowest BCUT2D eigenvalue weighted by molar-refractivity contribution is -0.135. The number of carbonyl (C=O) groups is 1. The largest absolute Gasteiger partial charge is 0.508 e. The first kappa shape index (κ1) is 12.9. The van der Waals surface area contributed by atoms with Crippen LogP contribution in [-0.4, -0.2) is 36.1 Å². The van der Waals surface area contributed by atoms with E-state index in [1.165, 1.54) is 0 Å². The lowest BCUT2D eigenvalue weighted by atomic mass is 9.98. The molecule has 98 valence electrons. The molecule has 18 heavy (non-hydrogen) atoms. The number of aromatic hydroxyl groups is 1. The van der Waals surface area contributed by atoms with Crippen LogP contribution in [0.3, 0.4) is 0 Å². The van der Waals surface area contributed by atoms with Crippen molar-refractivity contribution >= 4 is 5.91 Å². The van der Waals surface area contributed by atoms with Gasteiger partial charge in [0.15, 0.2) is 0 Å². The summed E-state index contributed by atoms with van der Waals surface area (Å²) >= 11 is 0. The van der Waals surface area contributed by atoms with Crippen molar-refractivity contribution in [1.82, 2.24) is 10.2 Å². The first-order valence-corrected chi connectivity index (χ1v) is 6.41. The molecule has 2 rings (SSSR count). The van der Waals surface area contributed by atoms with E-state index in [4.69, 9.17) is 0 Å². The van der Waals surface area contributed by atoms with Gasteiger partial charge in [-0.05, 0) is 25.5 Å². The number of phenolic OH excluding ortho intramolecular Hbond substituents is 1. The molecule has 4 nitrogen and oxygen atoms in total. The van der Waals surface area contributed by atoms with Gasteiger partial charge in [-0.1, -0.05) is 18.2 Å². The zero-order valence-corrected chi connectivity index (χ0v) is 10.7. The monoisotopic (exact) mass is 248 g/mol. The fraction of sp³-hybridized carbons (Fsp3) is 0.500. The number of rotatable bonds is 3. The van der Waals surface area contributed by atoms with Crippen molar-refractivity contribution in [2.75, 3.05) is 20.1 Å². The number of benzene rings is 1. The fourth-order valence-corrected chi connectivity index (χ4v) is 2.35. The highest BCUT2D eigenvalue weighted by molar-refractivity contribution is 5.79. The van der Waals surface area contributed by atoms with Crippen LogP contribution in [0.25, 0.3) is 0 Å². The van der Waals surface area contributed by atoms with Crippen LogP contribution in [0.15, 0.2) is 24.3 Å². The molecule has 1 aliphatic heterocycles. The Morgan fingerprint density at radius 2 is 2.28 bits per heavy atom.